The van der Waals surface area contributed by atoms with E-state index < -0.39 is 0 Å². The van der Waals surface area contributed by atoms with Crippen LogP contribution in [0.15, 0.2) is 59.1 Å². The molecule has 2 aromatic carbocycles. The lowest BCUT2D eigenvalue weighted by atomic mass is 9.98. The van der Waals surface area contributed by atoms with Crippen LogP contribution in [0.5, 0.6) is 5.75 Å². The van der Waals surface area contributed by atoms with Crippen LogP contribution in [-0.4, -0.2) is 18.2 Å². The molecule has 1 N–H and O–H groups in total. The zero-order chi connectivity index (χ0) is 19.2. The van der Waals surface area contributed by atoms with Gasteiger partial charge in [0.1, 0.15) is 5.75 Å². The van der Waals surface area contributed by atoms with Gasteiger partial charge in [-0.15, -0.1) is 0 Å². The van der Waals surface area contributed by atoms with Crippen LogP contribution in [0.1, 0.15) is 34.8 Å². The van der Waals surface area contributed by atoms with Gasteiger partial charge >= 0.3 is 0 Å². The number of hydrogen-bond acceptors (Lipinski definition) is 4. The molecule has 0 saturated carbocycles. The highest BCUT2D eigenvalue weighted by molar-refractivity contribution is 6.29. The summed E-state index contributed by atoms with van der Waals surface area (Å²) in [5, 5.41) is 7.18. The Bertz CT molecular complexity index is 872. The van der Waals surface area contributed by atoms with E-state index in [1.165, 1.54) is 0 Å². The molecule has 1 atom stereocenters. The average molecular weight is 385 g/mol. The fourth-order valence-corrected chi connectivity index (χ4v) is 3.18. The topological polar surface area (TPSA) is 64.4 Å². The second kappa shape index (κ2) is 8.73. The van der Waals surface area contributed by atoms with Gasteiger partial charge in [0.2, 0.25) is 11.1 Å². The molecule has 3 rings (SSSR count). The minimum absolute atomic E-state index is 0.0728. The minimum Gasteiger partial charge on any atom is -0.497 e. The van der Waals surface area contributed by atoms with Crippen molar-refractivity contribution in [1.29, 1.82) is 0 Å². The highest BCUT2D eigenvalue weighted by atomic mass is 35.5. The molecule has 0 saturated heterocycles. The molecule has 0 bridgehead atoms. The van der Waals surface area contributed by atoms with E-state index in [0.29, 0.717) is 18.5 Å². The van der Waals surface area contributed by atoms with Crippen molar-refractivity contribution in [3.63, 3.8) is 0 Å². The van der Waals surface area contributed by atoms with Gasteiger partial charge in [0.25, 0.3) is 0 Å². The SMILES string of the molecule is COc1ccc(C(NC(=O)CCc2c(C)noc2Cl)c2ccccc2)cc1. The van der Waals surface area contributed by atoms with E-state index in [4.69, 9.17) is 20.9 Å². The van der Waals surface area contributed by atoms with E-state index >= 15 is 0 Å². The van der Waals surface area contributed by atoms with Crippen molar-refractivity contribution in [1.82, 2.24) is 10.5 Å². The lowest BCUT2D eigenvalue weighted by Gasteiger charge is -2.20. The van der Waals surface area contributed by atoms with E-state index in [2.05, 4.69) is 10.5 Å². The van der Waals surface area contributed by atoms with Crippen LogP contribution in [0.25, 0.3) is 0 Å². The third kappa shape index (κ3) is 4.68. The van der Waals surface area contributed by atoms with Gasteiger partial charge in [0, 0.05) is 12.0 Å². The Kier molecular flexibility index (Phi) is 6.14. The highest BCUT2D eigenvalue weighted by Crippen LogP contribution is 2.25. The number of methoxy groups -OCH3 is 1. The summed E-state index contributed by atoms with van der Waals surface area (Å²) >= 11 is 5.98. The maximum atomic E-state index is 12.6. The Morgan fingerprint density at radius 3 is 2.41 bits per heavy atom. The summed E-state index contributed by atoms with van der Waals surface area (Å²) in [7, 11) is 1.63. The van der Waals surface area contributed by atoms with E-state index in [9.17, 15) is 4.79 Å². The number of carbonyl (C=O) groups excluding carboxylic acids is 1. The van der Waals surface area contributed by atoms with Gasteiger partial charge in [-0.3, -0.25) is 4.79 Å². The summed E-state index contributed by atoms with van der Waals surface area (Å²) in [6, 6.07) is 17.3. The molecule has 0 spiro atoms. The Labute approximate surface area is 163 Å². The molecule has 0 radical (unpaired) electrons. The number of ether oxygens (including phenoxy) is 1. The van der Waals surface area contributed by atoms with Gasteiger partial charge in [0.15, 0.2) is 0 Å². The summed E-state index contributed by atoms with van der Waals surface area (Å²) in [6.45, 7) is 1.81. The smallest absolute Gasteiger partial charge is 0.229 e. The molecule has 1 heterocycles. The molecular weight excluding hydrogens is 364 g/mol. The average Bonchev–Trinajstić information content (AvgIpc) is 3.03. The van der Waals surface area contributed by atoms with E-state index in [-0.39, 0.29) is 17.2 Å². The summed E-state index contributed by atoms with van der Waals surface area (Å²) in [5.41, 5.74) is 3.47. The molecule has 1 unspecified atom stereocenters. The Balaban J connectivity index is 1.75. The number of nitrogens with one attached hydrogen (secondary N) is 1. The predicted octanol–water partition coefficient (Wildman–Crippen LogP) is 4.48. The van der Waals surface area contributed by atoms with Crippen LogP contribution in [-0.2, 0) is 11.2 Å². The zero-order valence-electron chi connectivity index (χ0n) is 15.2. The van der Waals surface area contributed by atoms with Gasteiger partial charge in [-0.05, 0) is 48.2 Å². The molecule has 0 aliphatic rings. The summed E-state index contributed by atoms with van der Waals surface area (Å²) in [4.78, 5) is 12.6. The second-order valence-corrected chi connectivity index (χ2v) is 6.55. The fourth-order valence-electron chi connectivity index (χ4n) is 2.91. The highest BCUT2D eigenvalue weighted by Gasteiger charge is 2.18. The number of halogens is 1. The van der Waals surface area contributed by atoms with Crippen molar-refractivity contribution < 1.29 is 14.1 Å². The first kappa shape index (κ1) is 19.0. The number of aryl methyl sites for hydroxylation is 1. The Morgan fingerprint density at radius 1 is 1.15 bits per heavy atom. The lowest BCUT2D eigenvalue weighted by Crippen LogP contribution is -2.29. The van der Waals surface area contributed by atoms with E-state index in [1.54, 1.807) is 7.11 Å². The van der Waals surface area contributed by atoms with Gasteiger partial charge < -0.3 is 14.6 Å². The number of benzene rings is 2. The first-order valence-corrected chi connectivity index (χ1v) is 9.05. The summed E-state index contributed by atoms with van der Waals surface area (Å²) < 4.78 is 10.2. The Hall–Kier alpha value is -2.79. The number of rotatable bonds is 7. The first-order chi connectivity index (χ1) is 13.1. The van der Waals surface area contributed by atoms with Crippen molar-refractivity contribution in [3.05, 3.63) is 82.2 Å². The molecule has 5 nitrogen and oxygen atoms in total. The standard InChI is InChI=1S/C21H21ClN2O3/c1-14-18(21(22)27-24-14)12-13-19(25)23-20(15-6-4-3-5-7-15)16-8-10-17(26-2)11-9-16/h3-11,20H,12-13H2,1-2H3,(H,23,25). The minimum atomic E-state index is -0.247. The first-order valence-electron chi connectivity index (χ1n) is 8.67. The number of hydrogen-bond donors (Lipinski definition) is 1. The molecule has 0 aliphatic heterocycles. The van der Waals surface area contributed by atoms with Crippen LogP contribution in [0, 0.1) is 6.92 Å². The van der Waals surface area contributed by atoms with Crippen LogP contribution in [0.4, 0.5) is 0 Å². The van der Waals surface area contributed by atoms with E-state index in [1.807, 2.05) is 61.5 Å². The molecule has 3 aromatic rings. The molecule has 1 amide bonds. The van der Waals surface area contributed by atoms with Crippen molar-refractivity contribution >= 4 is 17.5 Å². The maximum Gasteiger partial charge on any atom is 0.229 e. The van der Waals surface area contributed by atoms with Gasteiger partial charge in [-0.1, -0.05) is 47.6 Å². The van der Waals surface area contributed by atoms with Crippen molar-refractivity contribution in [2.45, 2.75) is 25.8 Å². The van der Waals surface area contributed by atoms with Crippen LogP contribution in [0.2, 0.25) is 5.22 Å². The van der Waals surface area contributed by atoms with Gasteiger partial charge in [0.05, 0.1) is 18.8 Å². The van der Waals surface area contributed by atoms with Gasteiger partial charge in [-0.25, -0.2) is 0 Å². The van der Waals surface area contributed by atoms with Gasteiger partial charge in [-0.2, -0.15) is 0 Å². The predicted molar refractivity (Wildman–Crippen MR) is 104 cm³/mol. The lowest BCUT2D eigenvalue weighted by molar-refractivity contribution is -0.121. The monoisotopic (exact) mass is 384 g/mol. The molecular formula is C21H21ClN2O3. The Morgan fingerprint density at radius 2 is 1.81 bits per heavy atom. The molecule has 0 fully saturated rings. The van der Waals surface area contributed by atoms with Crippen LogP contribution < -0.4 is 10.1 Å². The van der Waals surface area contributed by atoms with Crippen molar-refractivity contribution in [3.8, 4) is 5.75 Å². The summed E-state index contributed by atoms with van der Waals surface area (Å²) in [6.07, 6.45) is 0.769. The molecule has 1 aromatic heterocycles. The maximum absolute atomic E-state index is 12.6. The third-order valence-electron chi connectivity index (χ3n) is 4.43. The quantitative estimate of drug-likeness (QED) is 0.652. The largest absolute Gasteiger partial charge is 0.497 e. The summed E-state index contributed by atoms with van der Waals surface area (Å²) in [5.74, 6) is 0.700. The second-order valence-electron chi connectivity index (χ2n) is 6.20. The number of aromatic nitrogens is 1. The van der Waals surface area contributed by atoms with Crippen LogP contribution in [0.3, 0.4) is 0 Å². The number of nitrogens with zero attached hydrogens (tertiary/aromatic N) is 1. The number of carbonyl (C=O) groups is 1. The molecule has 27 heavy (non-hydrogen) atoms. The van der Waals surface area contributed by atoms with Crippen molar-refractivity contribution in [2.75, 3.05) is 7.11 Å². The molecule has 140 valence electrons. The normalized spacial score (nSPS) is 11.8. The van der Waals surface area contributed by atoms with E-state index in [0.717, 1.165) is 22.4 Å². The zero-order valence-corrected chi connectivity index (χ0v) is 16.0. The third-order valence-corrected chi connectivity index (χ3v) is 4.72. The van der Waals surface area contributed by atoms with Crippen molar-refractivity contribution in [2.24, 2.45) is 0 Å². The fraction of sp³-hybridized carbons (Fsp3) is 0.238. The number of amides is 1. The van der Waals surface area contributed by atoms with Crippen LogP contribution >= 0.6 is 11.6 Å². The molecule has 0 aliphatic carbocycles. The molecule has 6 heteroatoms.